The minimum atomic E-state index is 0.226. The van der Waals surface area contributed by atoms with Crippen LogP contribution in [0.1, 0.15) is 0 Å². The number of aliphatic hydroxyl groups is 1. The Bertz CT molecular complexity index is 773. The van der Waals surface area contributed by atoms with Crippen molar-refractivity contribution in [2.45, 2.75) is 0 Å². The van der Waals surface area contributed by atoms with Crippen LogP contribution in [-0.4, -0.2) is 54.3 Å². The first-order chi connectivity index (χ1) is 12.8. The Hall–Kier alpha value is -2.28. The largest absolute Gasteiger partial charge is 0.395 e. The average molecular weight is 367 g/mol. The minimum absolute atomic E-state index is 0.226. The number of aliphatic hydroxyl groups excluding tert-OH is 1. The molecule has 0 aliphatic carbocycles. The Morgan fingerprint density at radius 3 is 2.23 bits per heavy atom. The van der Waals surface area contributed by atoms with Crippen LogP contribution in [0.15, 0.2) is 60.7 Å². The molecule has 5 nitrogen and oxygen atoms in total. The second-order valence-electron chi connectivity index (χ2n) is 6.36. The predicted octanol–water partition coefficient (Wildman–Crippen LogP) is 2.20. The van der Waals surface area contributed by atoms with Crippen molar-refractivity contribution in [3.63, 3.8) is 0 Å². The van der Waals surface area contributed by atoms with Gasteiger partial charge in [-0.05, 0) is 29.2 Å². The number of nitrogens with zero attached hydrogens (tertiary/aromatic N) is 4. The molecule has 1 aromatic heterocycles. The minimum Gasteiger partial charge on any atom is -0.395 e. The average Bonchev–Trinajstić information content (AvgIpc) is 3.16. The Morgan fingerprint density at radius 2 is 1.58 bits per heavy atom. The van der Waals surface area contributed by atoms with Crippen LogP contribution in [0.5, 0.6) is 0 Å². The molecule has 3 aromatic rings. The summed E-state index contributed by atoms with van der Waals surface area (Å²) in [5.74, 6) is 0.981. The molecule has 0 atom stereocenters. The molecule has 0 unspecified atom stereocenters. The summed E-state index contributed by atoms with van der Waals surface area (Å²) in [4.78, 5) is 9.64. The number of hydrogen-bond donors (Lipinski definition) is 1. The van der Waals surface area contributed by atoms with Gasteiger partial charge < -0.3 is 10.0 Å². The summed E-state index contributed by atoms with van der Waals surface area (Å²) in [5.41, 5.74) is 2.26. The smallest absolute Gasteiger partial charge is 0.350 e. The van der Waals surface area contributed by atoms with E-state index in [0.29, 0.717) is 0 Å². The summed E-state index contributed by atoms with van der Waals surface area (Å²) >= 11 is 1.69. The summed E-state index contributed by atoms with van der Waals surface area (Å²) < 4.78 is 2.21. The lowest BCUT2D eigenvalue weighted by atomic mass is 10.2. The number of rotatable bonds is 5. The van der Waals surface area contributed by atoms with E-state index in [4.69, 9.17) is 10.1 Å². The second-order valence-corrected chi connectivity index (χ2v) is 7.27. The lowest BCUT2D eigenvalue weighted by molar-refractivity contribution is -0.509. The molecule has 0 spiro atoms. The Kier molecular flexibility index (Phi) is 5.24. The number of para-hydroxylation sites is 1. The Balaban J connectivity index is 1.66. The Labute approximate surface area is 157 Å². The van der Waals surface area contributed by atoms with Gasteiger partial charge in [0.05, 0.1) is 12.2 Å². The molecule has 1 aliphatic rings. The summed E-state index contributed by atoms with van der Waals surface area (Å²) in [7, 11) is 0. The zero-order valence-corrected chi connectivity index (χ0v) is 15.5. The molecular weight excluding hydrogens is 344 g/mol. The van der Waals surface area contributed by atoms with Gasteiger partial charge in [0.1, 0.15) is 17.2 Å². The second kappa shape index (κ2) is 7.95. The highest BCUT2D eigenvalue weighted by Crippen LogP contribution is 2.25. The quantitative estimate of drug-likeness (QED) is 0.702. The molecule has 4 rings (SSSR count). The van der Waals surface area contributed by atoms with Crippen molar-refractivity contribution in [1.29, 1.82) is 0 Å². The van der Waals surface area contributed by atoms with Crippen LogP contribution in [0.25, 0.3) is 17.1 Å². The fourth-order valence-electron chi connectivity index (χ4n) is 3.22. The molecule has 0 bridgehead atoms. The fraction of sp³-hybridized carbons (Fsp3) is 0.300. The lowest BCUT2D eigenvalue weighted by Gasteiger charge is -2.32. The van der Waals surface area contributed by atoms with Crippen LogP contribution < -0.4 is 8.86 Å². The van der Waals surface area contributed by atoms with Crippen molar-refractivity contribution < 1.29 is 9.06 Å². The molecule has 0 amide bonds. The maximum absolute atomic E-state index is 9.12. The van der Waals surface area contributed by atoms with Crippen molar-refractivity contribution in [2.75, 3.05) is 44.2 Å². The van der Waals surface area contributed by atoms with Crippen LogP contribution in [0.3, 0.4) is 0 Å². The number of piperazine rings is 1. The van der Waals surface area contributed by atoms with Crippen LogP contribution in [0.2, 0.25) is 0 Å². The monoisotopic (exact) mass is 367 g/mol. The molecule has 2 heterocycles. The van der Waals surface area contributed by atoms with Crippen LogP contribution in [0, 0.1) is 0 Å². The first-order valence-electron chi connectivity index (χ1n) is 8.97. The third-order valence-corrected chi connectivity index (χ3v) is 5.73. The molecule has 26 heavy (non-hydrogen) atoms. The summed E-state index contributed by atoms with van der Waals surface area (Å²) in [6, 6.07) is 20.7. The standard InChI is InChI=1S/C20H23N4OS/c25-16-15-22-11-13-23(14-12-22)20-21-19(17-7-3-1-4-8-17)24(26-20)18-9-5-2-6-10-18/h1-10,25H,11-16H2/q+1. The SMILES string of the molecule is OCCN1CCN(c2nc(-c3ccccc3)[n+](-c3ccccc3)s2)CC1. The zero-order chi connectivity index (χ0) is 17.8. The first-order valence-corrected chi connectivity index (χ1v) is 9.75. The van der Waals surface area contributed by atoms with Gasteiger partial charge >= 0.3 is 11.0 Å². The Morgan fingerprint density at radius 1 is 0.923 bits per heavy atom. The summed E-state index contributed by atoms with van der Waals surface area (Å²) in [6.07, 6.45) is 0. The number of anilines is 1. The van der Waals surface area contributed by atoms with Crippen molar-refractivity contribution in [2.24, 2.45) is 0 Å². The van der Waals surface area contributed by atoms with Gasteiger partial charge in [0.15, 0.2) is 0 Å². The third kappa shape index (κ3) is 3.62. The van der Waals surface area contributed by atoms with E-state index in [1.54, 1.807) is 11.5 Å². The van der Waals surface area contributed by atoms with Gasteiger partial charge in [-0.15, -0.1) is 3.96 Å². The van der Waals surface area contributed by atoms with E-state index >= 15 is 0 Å². The molecular formula is C20H23N4OS+. The van der Waals surface area contributed by atoms with E-state index in [9.17, 15) is 0 Å². The predicted molar refractivity (Wildman–Crippen MR) is 105 cm³/mol. The summed E-state index contributed by atoms with van der Waals surface area (Å²) in [5, 5.41) is 10.2. The molecule has 0 radical (unpaired) electrons. The van der Waals surface area contributed by atoms with E-state index in [2.05, 4.69) is 62.3 Å². The maximum atomic E-state index is 9.12. The molecule has 0 saturated carbocycles. The number of β-amino-alcohol motifs (C(OH)–C–C–N with tert-alkyl or cyclic N) is 1. The van der Waals surface area contributed by atoms with E-state index in [1.165, 1.54) is 0 Å². The molecule has 1 fully saturated rings. The van der Waals surface area contributed by atoms with E-state index < -0.39 is 0 Å². The van der Waals surface area contributed by atoms with E-state index in [0.717, 1.165) is 54.9 Å². The first kappa shape index (κ1) is 17.1. The lowest BCUT2D eigenvalue weighted by Crippen LogP contribution is -2.47. The van der Waals surface area contributed by atoms with Gasteiger partial charge in [-0.3, -0.25) is 4.90 Å². The molecule has 2 aromatic carbocycles. The van der Waals surface area contributed by atoms with Gasteiger partial charge in [-0.25, -0.2) is 0 Å². The topological polar surface area (TPSA) is 43.5 Å². The van der Waals surface area contributed by atoms with Crippen molar-refractivity contribution in [3.8, 4) is 17.1 Å². The van der Waals surface area contributed by atoms with Crippen molar-refractivity contribution >= 4 is 16.7 Å². The third-order valence-electron chi connectivity index (χ3n) is 4.65. The molecule has 1 aliphatic heterocycles. The number of hydrogen-bond acceptors (Lipinski definition) is 5. The van der Waals surface area contributed by atoms with Crippen molar-refractivity contribution in [3.05, 3.63) is 60.7 Å². The number of aromatic nitrogens is 2. The fourth-order valence-corrected chi connectivity index (χ4v) is 4.27. The highest BCUT2D eigenvalue weighted by atomic mass is 32.1. The van der Waals surface area contributed by atoms with Gasteiger partial charge in [0.25, 0.3) is 0 Å². The van der Waals surface area contributed by atoms with Gasteiger partial charge in [0.2, 0.25) is 0 Å². The van der Waals surface area contributed by atoms with Gasteiger partial charge in [-0.1, -0.05) is 36.4 Å². The number of benzene rings is 2. The molecule has 6 heteroatoms. The van der Waals surface area contributed by atoms with Crippen molar-refractivity contribution in [1.82, 2.24) is 9.88 Å². The van der Waals surface area contributed by atoms with Crippen LogP contribution in [-0.2, 0) is 0 Å². The maximum Gasteiger partial charge on any atom is 0.350 e. The zero-order valence-electron chi connectivity index (χ0n) is 14.7. The van der Waals surface area contributed by atoms with Gasteiger partial charge in [-0.2, -0.15) is 0 Å². The van der Waals surface area contributed by atoms with Gasteiger partial charge in [0, 0.05) is 32.7 Å². The molecule has 134 valence electrons. The normalized spacial score (nSPS) is 15.3. The highest BCUT2D eigenvalue weighted by molar-refractivity contribution is 7.06. The summed E-state index contributed by atoms with van der Waals surface area (Å²) in [6.45, 7) is 4.79. The molecule has 1 N–H and O–H groups in total. The van der Waals surface area contributed by atoms with E-state index in [1.807, 2.05) is 12.1 Å². The molecule has 1 saturated heterocycles. The van der Waals surface area contributed by atoms with Crippen LogP contribution >= 0.6 is 11.5 Å². The van der Waals surface area contributed by atoms with E-state index in [-0.39, 0.29) is 6.61 Å². The highest BCUT2D eigenvalue weighted by Gasteiger charge is 2.29. The van der Waals surface area contributed by atoms with Crippen LogP contribution in [0.4, 0.5) is 5.13 Å².